The topological polar surface area (TPSA) is 66.6 Å². The van der Waals surface area contributed by atoms with Crippen molar-refractivity contribution < 1.29 is 10.0 Å². The van der Waals surface area contributed by atoms with Crippen molar-refractivity contribution in [3.63, 3.8) is 0 Å². The average Bonchev–Trinajstić information content (AvgIpc) is 2.31. The molecule has 0 spiro atoms. The van der Waals surface area contributed by atoms with Crippen LogP contribution in [0.1, 0.15) is 19.4 Å². The van der Waals surface area contributed by atoms with Crippen LogP contribution in [-0.4, -0.2) is 34.1 Å². The summed E-state index contributed by atoms with van der Waals surface area (Å²) in [5.41, 5.74) is 0.143. The molecule has 0 aromatic heterocycles. The predicted molar refractivity (Wildman–Crippen MR) is 70.7 cm³/mol. The van der Waals surface area contributed by atoms with Crippen molar-refractivity contribution in [1.29, 1.82) is 0 Å². The van der Waals surface area contributed by atoms with E-state index in [1.54, 1.807) is 12.1 Å². The first-order chi connectivity index (χ1) is 8.27. The molecule has 0 aliphatic carbocycles. The first-order valence-corrected chi connectivity index (χ1v) is 5.90. The number of nitro groups is 1. The van der Waals surface area contributed by atoms with Gasteiger partial charge in [-0.2, -0.15) is 0 Å². The van der Waals surface area contributed by atoms with Crippen LogP contribution in [0.4, 0.5) is 5.69 Å². The van der Waals surface area contributed by atoms with Crippen LogP contribution in [0.3, 0.4) is 0 Å². The second kappa shape index (κ2) is 5.65. The Morgan fingerprint density at radius 1 is 1.50 bits per heavy atom. The zero-order chi connectivity index (χ0) is 13.9. The highest BCUT2D eigenvalue weighted by Crippen LogP contribution is 2.26. The maximum Gasteiger partial charge on any atom is 0.275 e. The lowest BCUT2D eigenvalue weighted by molar-refractivity contribution is -0.385. The molecule has 1 aromatic rings. The van der Waals surface area contributed by atoms with Gasteiger partial charge >= 0.3 is 0 Å². The molecule has 0 amide bonds. The van der Waals surface area contributed by atoms with Gasteiger partial charge in [-0.25, -0.2) is 0 Å². The van der Waals surface area contributed by atoms with Gasteiger partial charge in [-0.1, -0.05) is 11.6 Å². The van der Waals surface area contributed by atoms with E-state index in [1.807, 2.05) is 25.8 Å². The van der Waals surface area contributed by atoms with E-state index in [-0.39, 0.29) is 12.3 Å². The summed E-state index contributed by atoms with van der Waals surface area (Å²) in [6.45, 7) is 4.09. The summed E-state index contributed by atoms with van der Waals surface area (Å²) >= 11 is 5.76. The summed E-state index contributed by atoms with van der Waals surface area (Å²) in [6, 6.07) is 4.62. The Morgan fingerprint density at radius 3 is 2.61 bits per heavy atom. The van der Waals surface area contributed by atoms with Crippen molar-refractivity contribution in [2.75, 3.05) is 13.7 Å². The minimum Gasteiger partial charge on any atom is -0.394 e. The molecule has 5 nitrogen and oxygen atoms in total. The molecule has 0 heterocycles. The molecule has 0 saturated carbocycles. The Balaban J connectivity index is 3.01. The van der Waals surface area contributed by atoms with E-state index < -0.39 is 10.5 Å². The monoisotopic (exact) mass is 272 g/mol. The van der Waals surface area contributed by atoms with Gasteiger partial charge in [0.05, 0.1) is 11.5 Å². The second-order valence-electron chi connectivity index (χ2n) is 4.86. The van der Waals surface area contributed by atoms with Crippen LogP contribution in [0.25, 0.3) is 0 Å². The quantitative estimate of drug-likeness (QED) is 0.660. The lowest BCUT2D eigenvalue weighted by Gasteiger charge is -2.33. The summed E-state index contributed by atoms with van der Waals surface area (Å²) in [7, 11) is 1.81. The molecule has 0 atom stereocenters. The molecule has 100 valence electrons. The summed E-state index contributed by atoms with van der Waals surface area (Å²) in [5.74, 6) is 0. The number of hydrogen-bond donors (Lipinski definition) is 1. The highest BCUT2D eigenvalue weighted by Gasteiger charge is 2.25. The summed E-state index contributed by atoms with van der Waals surface area (Å²) < 4.78 is 0. The standard InChI is InChI=1S/C12H17ClN2O3/c1-12(2,8-16)14(3)7-9-4-5-10(13)6-11(9)15(17)18/h4-6,16H,7-8H2,1-3H3. The predicted octanol–water partition coefficient (Wildman–Crippen LogP) is 2.45. The van der Waals surface area contributed by atoms with Gasteiger partial charge < -0.3 is 5.11 Å². The zero-order valence-corrected chi connectivity index (χ0v) is 11.4. The van der Waals surface area contributed by atoms with E-state index in [0.29, 0.717) is 17.1 Å². The number of nitrogens with zero attached hydrogens (tertiary/aromatic N) is 2. The molecule has 0 bridgehead atoms. The van der Waals surface area contributed by atoms with Crippen molar-refractivity contribution in [3.8, 4) is 0 Å². The van der Waals surface area contributed by atoms with Gasteiger partial charge in [0.1, 0.15) is 0 Å². The molecule has 1 aromatic carbocycles. The minimum absolute atomic E-state index is 0.00286. The van der Waals surface area contributed by atoms with Crippen molar-refractivity contribution >= 4 is 17.3 Å². The fourth-order valence-corrected chi connectivity index (χ4v) is 1.60. The maximum absolute atomic E-state index is 11.0. The number of rotatable bonds is 5. The minimum atomic E-state index is -0.443. The van der Waals surface area contributed by atoms with E-state index >= 15 is 0 Å². The van der Waals surface area contributed by atoms with Crippen molar-refractivity contribution in [1.82, 2.24) is 4.90 Å². The van der Waals surface area contributed by atoms with E-state index in [1.165, 1.54) is 6.07 Å². The van der Waals surface area contributed by atoms with Crippen LogP contribution < -0.4 is 0 Å². The molecule has 1 rings (SSSR count). The largest absolute Gasteiger partial charge is 0.394 e. The molecule has 0 saturated heterocycles. The number of aliphatic hydroxyl groups is 1. The fourth-order valence-electron chi connectivity index (χ4n) is 1.43. The third-order valence-corrected chi connectivity index (χ3v) is 3.31. The van der Waals surface area contributed by atoms with Crippen LogP contribution in [0.15, 0.2) is 18.2 Å². The second-order valence-corrected chi connectivity index (χ2v) is 5.29. The maximum atomic E-state index is 11.0. The number of aliphatic hydroxyl groups excluding tert-OH is 1. The Kier molecular flexibility index (Phi) is 4.67. The van der Waals surface area contributed by atoms with Gasteiger partial charge in [0.25, 0.3) is 5.69 Å². The van der Waals surface area contributed by atoms with Crippen LogP contribution in [0.5, 0.6) is 0 Å². The average molecular weight is 273 g/mol. The van der Waals surface area contributed by atoms with Crippen LogP contribution in [0.2, 0.25) is 5.02 Å². The van der Waals surface area contributed by atoms with Crippen molar-refractivity contribution in [2.24, 2.45) is 0 Å². The Bertz CT molecular complexity index is 449. The van der Waals surface area contributed by atoms with Gasteiger partial charge in [-0.15, -0.1) is 0 Å². The van der Waals surface area contributed by atoms with E-state index in [2.05, 4.69) is 0 Å². The highest BCUT2D eigenvalue weighted by molar-refractivity contribution is 6.30. The smallest absolute Gasteiger partial charge is 0.275 e. The SMILES string of the molecule is CN(Cc1ccc(Cl)cc1[N+](=O)[O-])C(C)(C)CO. The molecule has 0 fully saturated rings. The van der Waals surface area contributed by atoms with Crippen molar-refractivity contribution in [2.45, 2.75) is 25.9 Å². The lowest BCUT2D eigenvalue weighted by Crippen LogP contribution is -2.43. The number of nitro benzene ring substituents is 1. The van der Waals surface area contributed by atoms with Gasteiger partial charge in [0.15, 0.2) is 0 Å². The Hall–Kier alpha value is -1.17. The zero-order valence-electron chi connectivity index (χ0n) is 10.7. The Labute approximate surface area is 111 Å². The molecule has 1 N–H and O–H groups in total. The van der Waals surface area contributed by atoms with E-state index in [9.17, 15) is 15.2 Å². The molecule has 0 radical (unpaired) electrons. The molecule has 0 aliphatic heterocycles. The van der Waals surface area contributed by atoms with Crippen molar-refractivity contribution in [3.05, 3.63) is 38.9 Å². The molecular formula is C12H17ClN2O3. The first kappa shape index (κ1) is 14.9. The van der Waals surface area contributed by atoms with Gasteiger partial charge in [0, 0.05) is 28.7 Å². The molecular weight excluding hydrogens is 256 g/mol. The molecule has 18 heavy (non-hydrogen) atoms. The third kappa shape index (κ3) is 3.41. The Morgan fingerprint density at radius 2 is 2.11 bits per heavy atom. The van der Waals surface area contributed by atoms with Gasteiger partial charge in [-0.3, -0.25) is 15.0 Å². The number of likely N-dealkylation sites (N-methyl/N-ethyl adjacent to an activating group) is 1. The summed E-state index contributed by atoms with van der Waals surface area (Å²) in [5, 5.41) is 20.6. The molecule has 6 heteroatoms. The first-order valence-electron chi connectivity index (χ1n) is 5.53. The van der Waals surface area contributed by atoms with Gasteiger partial charge in [-0.05, 0) is 33.0 Å². The fraction of sp³-hybridized carbons (Fsp3) is 0.500. The molecule has 0 aliphatic rings. The third-order valence-electron chi connectivity index (χ3n) is 3.07. The van der Waals surface area contributed by atoms with Crippen LogP contribution >= 0.6 is 11.6 Å². The van der Waals surface area contributed by atoms with E-state index in [0.717, 1.165) is 0 Å². The number of hydrogen-bond acceptors (Lipinski definition) is 4. The van der Waals surface area contributed by atoms with Gasteiger partial charge in [0.2, 0.25) is 0 Å². The highest BCUT2D eigenvalue weighted by atomic mass is 35.5. The van der Waals surface area contributed by atoms with Crippen LogP contribution in [0, 0.1) is 10.1 Å². The normalized spacial score (nSPS) is 11.9. The van der Waals surface area contributed by atoms with E-state index in [4.69, 9.17) is 11.6 Å². The molecule has 0 unspecified atom stereocenters. The number of benzene rings is 1. The summed E-state index contributed by atoms with van der Waals surface area (Å²) in [4.78, 5) is 12.4. The summed E-state index contributed by atoms with van der Waals surface area (Å²) in [6.07, 6.45) is 0. The lowest BCUT2D eigenvalue weighted by atomic mass is 10.0. The number of halogens is 1. The van der Waals surface area contributed by atoms with Crippen LogP contribution in [-0.2, 0) is 6.54 Å².